The minimum Gasteiger partial charge on any atom is -0.333 e. The molecule has 3 unspecified atom stereocenters. The summed E-state index contributed by atoms with van der Waals surface area (Å²) >= 11 is 0. The number of rotatable bonds is 2. The molecule has 2 bridgehead atoms. The van der Waals surface area contributed by atoms with Gasteiger partial charge in [-0.05, 0) is 48.6 Å². The Morgan fingerprint density at radius 3 is 2.68 bits per heavy atom. The molecule has 5 heteroatoms. The lowest BCUT2D eigenvalue weighted by atomic mass is 9.96. The van der Waals surface area contributed by atoms with E-state index in [1.165, 1.54) is 18.6 Å². The number of aromatic nitrogens is 1. The summed E-state index contributed by atoms with van der Waals surface area (Å²) in [6, 6.07) is 9.25. The zero-order valence-corrected chi connectivity index (χ0v) is 12.1. The molecule has 4 rings (SSSR count). The Balaban J connectivity index is 1.46. The van der Waals surface area contributed by atoms with E-state index < -0.39 is 0 Å². The van der Waals surface area contributed by atoms with Crippen molar-refractivity contribution in [3.63, 3.8) is 0 Å². The highest BCUT2D eigenvalue weighted by atomic mass is 19.1. The molecular weight excluding hydrogens is 281 g/mol. The van der Waals surface area contributed by atoms with Gasteiger partial charge >= 0.3 is 6.03 Å². The van der Waals surface area contributed by atoms with Gasteiger partial charge in [0.2, 0.25) is 0 Å². The van der Waals surface area contributed by atoms with E-state index in [0.29, 0.717) is 12.1 Å². The fourth-order valence-electron chi connectivity index (χ4n) is 3.55. The number of hydrogen-bond donors (Lipinski definition) is 2. The molecule has 1 aromatic carbocycles. The summed E-state index contributed by atoms with van der Waals surface area (Å²) in [5.74, 6) is -0.260. The molecule has 3 atom stereocenters. The molecule has 0 saturated carbocycles. The summed E-state index contributed by atoms with van der Waals surface area (Å²) in [5.41, 5.74) is 1.80. The highest BCUT2D eigenvalue weighted by Crippen LogP contribution is 2.28. The second-order valence-electron chi connectivity index (χ2n) is 6.15. The monoisotopic (exact) mass is 299 g/mol. The molecule has 1 aromatic heterocycles. The van der Waals surface area contributed by atoms with Crippen molar-refractivity contribution in [2.75, 3.05) is 0 Å². The van der Waals surface area contributed by atoms with E-state index >= 15 is 0 Å². The third-order valence-electron chi connectivity index (χ3n) is 4.71. The molecule has 0 spiro atoms. The van der Waals surface area contributed by atoms with Crippen molar-refractivity contribution in [3.05, 3.63) is 48.5 Å². The first-order valence-electron chi connectivity index (χ1n) is 7.70. The van der Waals surface area contributed by atoms with E-state index in [2.05, 4.69) is 10.6 Å². The van der Waals surface area contributed by atoms with Crippen molar-refractivity contribution in [2.45, 2.75) is 37.4 Å². The standard InChI is InChI=1S/C17H18FN3O/c18-13-3-1-11(2-4-13)12-7-8-21(10-12)17(22)20-16-9-14-5-6-15(16)19-14/h1-4,7-8,10,14-16,19H,5-6,9H2,(H,20,22). The second kappa shape index (κ2) is 5.25. The molecule has 114 valence electrons. The van der Waals surface area contributed by atoms with Crippen LogP contribution in [0, 0.1) is 5.82 Å². The van der Waals surface area contributed by atoms with Gasteiger partial charge in [-0.25, -0.2) is 9.18 Å². The van der Waals surface area contributed by atoms with Crippen LogP contribution in [-0.4, -0.2) is 28.7 Å². The van der Waals surface area contributed by atoms with Gasteiger partial charge in [-0.1, -0.05) is 12.1 Å². The van der Waals surface area contributed by atoms with Crippen LogP contribution in [0.25, 0.3) is 11.1 Å². The third kappa shape index (κ3) is 2.41. The third-order valence-corrected chi connectivity index (χ3v) is 4.71. The molecule has 2 N–H and O–H groups in total. The van der Waals surface area contributed by atoms with Gasteiger partial charge in [0.1, 0.15) is 5.82 Å². The number of fused-ring (bicyclic) bond motifs is 2. The minimum atomic E-state index is -0.260. The Kier molecular flexibility index (Phi) is 3.22. The van der Waals surface area contributed by atoms with Crippen molar-refractivity contribution in [1.29, 1.82) is 0 Å². The Hall–Kier alpha value is -2.14. The number of carbonyl (C=O) groups excluding carboxylic acids is 1. The predicted molar refractivity (Wildman–Crippen MR) is 82.1 cm³/mol. The summed E-state index contributed by atoms with van der Waals surface area (Å²) in [7, 11) is 0. The van der Waals surface area contributed by atoms with Gasteiger partial charge < -0.3 is 10.6 Å². The van der Waals surface area contributed by atoms with Crippen LogP contribution in [0.15, 0.2) is 42.7 Å². The number of carbonyl (C=O) groups is 1. The van der Waals surface area contributed by atoms with E-state index in [9.17, 15) is 9.18 Å². The number of nitrogens with zero attached hydrogens (tertiary/aromatic N) is 1. The smallest absolute Gasteiger partial charge is 0.325 e. The maximum atomic E-state index is 13.0. The normalized spacial score (nSPS) is 26.3. The zero-order chi connectivity index (χ0) is 15.1. The molecule has 0 radical (unpaired) electrons. The van der Waals surface area contributed by atoms with E-state index in [1.54, 1.807) is 29.1 Å². The van der Waals surface area contributed by atoms with E-state index in [-0.39, 0.29) is 17.9 Å². The molecule has 2 fully saturated rings. The van der Waals surface area contributed by atoms with Crippen LogP contribution < -0.4 is 10.6 Å². The molecular formula is C17H18FN3O. The van der Waals surface area contributed by atoms with Crippen LogP contribution in [0.5, 0.6) is 0 Å². The maximum absolute atomic E-state index is 13.0. The average Bonchev–Trinajstić information content (AvgIpc) is 3.24. The highest BCUT2D eigenvalue weighted by Gasteiger charge is 2.39. The maximum Gasteiger partial charge on any atom is 0.325 e. The largest absolute Gasteiger partial charge is 0.333 e. The lowest BCUT2D eigenvalue weighted by Gasteiger charge is -2.21. The molecule has 1 amide bonds. The number of benzene rings is 1. The van der Waals surface area contributed by atoms with E-state index in [0.717, 1.165) is 24.0 Å². The lowest BCUT2D eigenvalue weighted by molar-refractivity contribution is 0.236. The summed E-state index contributed by atoms with van der Waals surface area (Å²) in [6.45, 7) is 0. The number of amides is 1. The minimum absolute atomic E-state index is 0.104. The first-order chi connectivity index (χ1) is 10.7. The summed E-state index contributed by atoms with van der Waals surface area (Å²) in [4.78, 5) is 12.3. The number of hydrogen-bond acceptors (Lipinski definition) is 2. The number of halogens is 1. The summed E-state index contributed by atoms with van der Waals surface area (Å²) in [5, 5.41) is 6.61. The van der Waals surface area contributed by atoms with Gasteiger partial charge in [-0.3, -0.25) is 4.57 Å². The van der Waals surface area contributed by atoms with Crippen LogP contribution in [0.2, 0.25) is 0 Å². The van der Waals surface area contributed by atoms with Crippen LogP contribution in [-0.2, 0) is 0 Å². The van der Waals surface area contributed by atoms with Crippen LogP contribution >= 0.6 is 0 Å². The van der Waals surface area contributed by atoms with Gasteiger partial charge in [0, 0.05) is 30.5 Å². The Morgan fingerprint density at radius 1 is 1.18 bits per heavy atom. The number of nitrogens with one attached hydrogen (secondary N) is 2. The topological polar surface area (TPSA) is 46.1 Å². The van der Waals surface area contributed by atoms with Crippen LogP contribution in [0.1, 0.15) is 19.3 Å². The Morgan fingerprint density at radius 2 is 2.00 bits per heavy atom. The SMILES string of the molecule is O=C(NC1CC2CCC1N2)n1ccc(-c2ccc(F)cc2)c1. The Bertz CT molecular complexity index is 694. The van der Waals surface area contributed by atoms with Gasteiger partial charge in [0.15, 0.2) is 0 Å². The average molecular weight is 299 g/mol. The van der Waals surface area contributed by atoms with Crippen molar-refractivity contribution in [1.82, 2.24) is 15.2 Å². The molecule has 3 heterocycles. The first kappa shape index (κ1) is 13.5. The summed E-state index contributed by atoms with van der Waals surface area (Å²) < 4.78 is 14.5. The fraction of sp³-hybridized carbons (Fsp3) is 0.353. The van der Waals surface area contributed by atoms with Crippen LogP contribution in [0.4, 0.5) is 9.18 Å². The van der Waals surface area contributed by atoms with E-state index in [4.69, 9.17) is 0 Å². The Labute approximate surface area is 128 Å². The predicted octanol–water partition coefficient (Wildman–Crippen LogP) is 2.74. The van der Waals surface area contributed by atoms with Crippen molar-refractivity contribution >= 4 is 6.03 Å². The van der Waals surface area contributed by atoms with Gasteiger partial charge in [-0.15, -0.1) is 0 Å². The molecule has 0 aliphatic carbocycles. The van der Waals surface area contributed by atoms with Crippen molar-refractivity contribution in [2.24, 2.45) is 0 Å². The summed E-state index contributed by atoms with van der Waals surface area (Å²) in [6.07, 6.45) is 6.90. The first-order valence-corrected chi connectivity index (χ1v) is 7.70. The zero-order valence-electron chi connectivity index (χ0n) is 12.1. The van der Waals surface area contributed by atoms with Crippen molar-refractivity contribution < 1.29 is 9.18 Å². The molecule has 4 nitrogen and oxygen atoms in total. The highest BCUT2D eigenvalue weighted by molar-refractivity contribution is 5.79. The second-order valence-corrected chi connectivity index (χ2v) is 6.15. The van der Waals surface area contributed by atoms with Gasteiger partial charge in [-0.2, -0.15) is 0 Å². The molecule has 2 aliphatic rings. The lowest BCUT2D eigenvalue weighted by Crippen LogP contribution is -2.44. The molecule has 2 saturated heterocycles. The quantitative estimate of drug-likeness (QED) is 0.895. The fourth-order valence-corrected chi connectivity index (χ4v) is 3.55. The van der Waals surface area contributed by atoms with Crippen LogP contribution in [0.3, 0.4) is 0 Å². The molecule has 2 aromatic rings. The molecule has 2 aliphatic heterocycles. The van der Waals surface area contributed by atoms with Gasteiger partial charge in [0.05, 0.1) is 0 Å². The molecule has 22 heavy (non-hydrogen) atoms. The van der Waals surface area contributed by atoms with E-state index in [1.807, 2.05) is 6.07 Å². The van der Waals surface area contributed by atoms with Gasteiger partial charge in [0.25, 0.3) is 0 Å². The van der Waals surface area contributed by atoms with Crippen molar-refractivity contribution in [3.8, 4) is 11.1 Å².